The monoisotopic (exact) mass is 263 g/mol. The van der Waals surface area contributed by atoms with E-state index in [1.165, 1.54) is 11.1 Å². The van der Waals surface area contributed by atoms with Crippen molar-refractivity contribution in [1.82, 2.24) is 5.32 Å². The van der Waals surface area contributed by atoms with Gasteiger partial charge in [0.15, 0.2) is 0 Å². The lowest BCUT2D eigenvalue weighted by Gasteiger charge is -2.20. The summed E-state index contributed by atoms with van der Waals surface area (Å²) in [7, 11) is 0. The van der Waals surface area contributed by atoms with E-state index in [4.69, 9.17) is 4.74 Å². The van der Waals surface area contributed by atoms with Crippen LogP contribution in [0, 0.1) is 6.92 Å². The first kappa shape index (κ1) is 14.4. The predicted molar refractivity (Wildman–Crippen MR) is 77.4 cm³/mol. The lowest BCUT2D eigenvalue weighted by molar-refractivity contribution is 0.0597. The molecule has 2 N–H and O–H groups in total. The molecule has 2 atom stereocenters. The highest BCUT2D eigenvalue weighted by molar-refractivity contribution is 5.37. The zero-order valence-electron chi connectivity index (χ0n) is 12.1. The van der Waals surface area contributed by atoms with E-state index in [2.05, 4.69) is 38.2 Å². The summed E-state index contributed by atoms with van der Waals surface area (Å²) in [5, 5.41) is 13.3. The number of aliphatic hydroxyl groups excluding tert-OH is 1. The molecule has 2 unspecified atom stereocenters. The molecule has 1 aromatic carbocycles. The van der Waals surface area contributed by atoms with Gasteiger partial charge in [-0.2, -0.15) is 0 Å². The van der Waals surface area contributed by atoms with Crippen LogP contribution in [-0.4, -0.2) is 23.4 Å². The van der Waals surface area contributed by atoms with E-state index < -0.39 is 0 Å². The van der Waals surface area contributed by atoms with Crippen LogP contribution in [0.1, 0.15) is 44.2 Å². The molecule has 106 valence electrons. The lowest BCUT2D eigenvalue weighted by Crippen LogP contribution is -2.27. The van der Waals surface area contributed by atoms with E-state index in [0.29, 0.717) is 6.04 Å². The van der Waals surface area contributed by atoms with Crippen LogP contribution in [0.5, 0.6) is 5.75 Å². The molecule has 1 aliphatic rings. The number of benzene rings is 1. The highest BCUT2D eigenvalue weighted by Gasteiger charge is 2.27. The Morgan fingerprint density at radius 1 is 1.37 bits per heavy atom. The van der Waals surface area contributed by atoms with Gasteiger partial charge in [-0.25, -0.2) is 0 Å². The minimum absolute atomic E-state index is 0.0412. The third-order valence-electron chi connectivity index (χ3n) is 3.61. The Labute approximate surface area is 116 Å². The van der Waals surface area contributed by atoms with Crippen molar-refractivity contribution in [1.29, 1.82) is 0 Å². The van der Waals surface area contributed by atoms with E-state index in [0.717, 1.165) is 31.6 Å². The summed E-state index contributed by atoms with van der Waals surface area (Å²) in [6, 6.07) is 6.70. The molecule has 3 heteroatoms. The second kappa shape index (κ2) is 6.40. The SMILES string of the molecule is Cc1ccc(OC2CCCC2O)c(CNC(C)C)c1. The van der Waals surface area contributed by atoms with Crippen molar-refractivity contribution in [3.8, 4) is 5.75 Å². The Morgan fingerprint density at radius 3 is 2.79 bits per heavy atom. The Kier molecular flexibility index (Phi) is 4.83. The molecule has 0 heterocycles. The van der Waals surface area contributed by atoms with Crippen LogP contribution >= 0.6 is 0 Å². The van der Waals surface area contributed by atoms with Gasteiger partial charge in [-0.1, -0.05) is 31.5 Å². The number of aryl methyl sites for hydroxylation is 1. The maximum Gasteiger partial charge on any atom is 0.124 e. The molecule has 1 fully saturated rings. The van der Waals surface area contributed by atoms with Crippen LogP contribution in [0.25, 0.3) is 0 Å². The van der Waals surface area contributed by atoms with Crippen molar-refractivity contribution >= 4 is 0 Å². The third-order valence-corrected chi connectivity index (χ3v) is 3.61. The number of nitrogens with one attached hydrogen (secondary N) is 1. The first-order valence-corrected chi connectivity index (χ1v) is 7.24. The summed E-state index contributed by atoms with van der Waals surface area (Å²) in [5.74, 6) is 0.907. The maximum absolute atomic E-state index is 9.87. The van der Waals surface area contributed by atoms with Gasteiger partial charge < -0.3 is 15.2 Å². The molecule has 0 spiro atoms. The van der Waals surface area contributed by atoms with Crippen molar-refractivity contribution in [3.63, 3.8) is 0 Å². The van der Waals surface area contributed by atoms with Crippen LogP contribution in [0.3, 0.4) is 0 Å². The molecule has 1 aliphatic carbocycles. The van der Waals surface area contributed by atoms with Crippen LogP contribution in [0.2, 0.25) is 0 Å². The largest absolute Gasteiger partial charge is 0.487 e. The van der Waals surface area contributed by atoms with Crippen LogP contribution in [0.15, 0.2) is 18.2 Å². The number of ether oxygens (including phenoxy) is 1. The van der Waals surface area contributed by atoms with E-state index in [-0.39, 0.29) is 12.2 Å². The molecule has 0 saturated heterocycles. The summed E-state index contributed by atoms with van der Waals surface area (Å²) in [6.07, 6.45) is 2.51. The van der Waals surface area contributed by atoms with Crippen molar-refractivity contribution in [2.75, 3.05) is 0 Å². The Morgan fingerprint density at radius 2 is 2.16 bits per heavy atom. The number of rotatable bonds is 5. The van der Waals surface area contributed by atoms with Gasteiger partial charge >= 0.3 is 0 Å². The number of hydrogen-bond donors (Lipinski definition) is 2. The molecule has 0 radical (unpaired) electrons. The van der Waals surface area contributed by atoms with Gasteiger partial charge in [0.2, 0.25) is 0 Å². The Hall–Kier alpha value is -1.06. The Balaban J connectivity index is 2.09. The quantitative estimate of drug-likeness (QED) is 0.858. The van der Waals surface area contributed by atoms with E-state index in [1.54, 1.807) is 0 Å². The van der Waals surface area contributed by atoms with Crippen molar-refractivity contribution < 1.29 is 9.84 Å². The third kappa shape index (κ3) is 3.95. The van der Waals surface area contributed by atoms with Crippen molar-refractivity contribution in [2.24, 2.45) is 0 Å². The fraction of sp³-hybridized carbons (Fsp3) is 0.625. The van der Waals surface area contributed by atoms with Gasteiger partial charge in [-0.15, -0.1) is 0 Å². The highest BCUT2D eigenvalue weighted by atomic mass is 16.5. The fourth-order valence-electron chi connectivity index (χ4n) is 2.48. The van der Waals surface area contributed by atoms with Gasteiger partial charge in [-0.05, 0) is 32.3 Å². The van der Waals surface area contributed by atoms with Gasteiger partial charge in [0, 0.05) is 18.2 Å². The summed E-state index contributed by atoms with van der Waals surface area (Å²) in [6.45, 7) is 7.17. The molecular formula is C16H25NO2. The smallest absolute Gasteiger partial charge is 0.124 e. The van der Waals surface area contributed by atoms with Crippen LogP contribution in [-0.2, 0) is 6.54 Å². The topological polar surface area (TPSA) is 41.5 Å². The standard InChI is InChI=1S/C16H25NO2/c1-11(2)17-10-13-9-12(3)7-8-15(13)19-16-6-4-5-14(16)18/h7-9,11,14,16-18H,4-6,10H2,1-3H3. The molecule has 0 amide bonds. The lowest BCUT2D eigenvalue weighted by atomic mass is 10.1. The number of hydrogen-bond acceptors (Lipinski definition) is 3. The second-order valence-electron chi connectivity index (χ2n) is 5.80. The number of aliphatic hydroxyl groups is 1. The van der Waals surface area contributed by atoms with Crippen LogP contribution < -0.4 is 10.1 Å². The molecule has 19 heavy (non-hydrogen) atoms. The average Bonchev–Trinajstić information content (AvgIpc) is 2.75. The van der Waals surface area contributed by atoms with Crippen LogP contribution in [0.4, 0.5) is 0 Å². The van der Waals surface area contributed by atoms with E-state index in [1.807, 2.05) is 6.07 Å². The zero-order valence-corrected chi connectivity index (χ0v) is 12.1. The maximum atomic E-state index is 9.87. The minimum Gasteiger partial charge on any atom is -0.487 e. The van der Waals surface area contributed by atoms with E-state index >= 15 is 0 Å². The predicted octanol–water partition coefficient (Wildman–Crippen LogP) is 2.79. The normalized spacial score (nSPS) is 23.0. The van der Waals surface area contributed by atoms with Gasteiger partial charge in [-0.3, -0.25) is 0 Å². The highest BCUT2D eigenvalue weighted by Crippen LogP contribution is 2.27. The molecule has 1 saturated carbocycles. The molecule has 2 rings (SSSR count). The second-order valence-corrected chi connectivity index (χ2v) is 5.80. The van der Waals surface area contributed by atoms with Crippen molar-refractivity contribution in [3.05, 3.63) is 29.3 Å². The summed E-state index contributed by atoms with van der Waals surface area (Å²) in [4.78, 5) is 0. The fourth-order valence-corrected chi connectivity index (χ4v) is 2.48. The average molecular weight is 263 g/mol. The minimum atomic E-state index is -0.313. The molecule has 3 nitrogen and oxygen atoms in total. The van der Waals surface area contributed by atoms with Gasteiger partial charge in [0.05, 0.1) is 6.10 Å². The molecular weight excluding hydrogens is 238 g/mol. The van der Waals surface area contributed by atoms with E-state index in [9.17, 15) is 5.11 Å². The zero-order chi connectivity index (χ0) is 13.8. The molecule has 1 aromatic rings. The molecule has 0 aromatic heterocycles. The van der Waals surface area contributed by atoms with Gasteiger partial charge in [0.25, 0.3) is 0 Å². The first-order chi connectivity index (χ1) is 9.06. The summed E-state index contributed by atoms with van der Waals surface area (Å²) < 4.78 is 6.02. The molecule has 0 bridgehead atoms. The summed E-state index contributed by atoms with van der Waals surface area (Å²) in [5.41, 5.74) is 2.41. The first-order valence-electron chi connectivity index (χ1n) is 7.24. The van der Waals surface area contributed by atoms with Gasteiger partial charge in [0.1, 0.15) is 11.9 Å². The summed E-state index contributed by atoms with van der Waals surface area (Å²) >= 11 is 0. The molecule has 0 aliphatic heterocycles. The van der Waals surface area contributed by atoms with Crippen molar-refractivity contribution in [2.45, 2.75) is 64.8 Å². The Bertz CT molecular complexity index is 417.